The summed E-state index contributed by atoms with van der Waals surface area (Å²) in [5.41, 5.74) is 2.07. The molecule has 0 bridgehead atoms. The van der Waals surface area contributed by atoms with Gasteiger partial charge in [0.2, 0.25) is 0 Å². The quantitative estimate of drug-likeness (QED) is 0.648. The van der Waals surface area contributed by atoms with Crippen molar-refractivity contribution < 1.29 is 0 Å². The van der Waals surface area contributed by atoms with E-state index in [0.29, 0.717) is 0 Å². The molecule has 0 N–H and O–H groups in total. The zero-order chi connectivity index (χ0) is 10.8. The number of hydrogen-bond donors (Lipinski definition) is 0. The second-order valence-corrected chi connectivity index (χ2v) is 3.62. The van der Waals surface area contributed by atoms with Crippen molar-refractivity contribution in [3.05, 3.63) is 54.2 Å². The van der Waals surface area contributed by atoms with Crippen molar-refractivity contribution in [1.82, 2.24) is 20.0 Å². The SMILES string of the molecule is c1ccc(Cn2cccc3nnnc2-3)cc1. The van der Waals surface area contributed by atoms with Crippen LogP contribution in [0.3, 0.4) is 0 Å². The smallest absolute Gasteiger partial charge is 0.185 e. The number of hydrogen-bond acceptors (Lipinski definition) is 3. The van der Waals surface area contributed by atoms with Crippen LogP contribution < -0.4 is 0 Å². The molecule has 0 saturated carbocycles. The van der Waals surface area contributed by atoms with Crippen molar-refractivity contribution in [2.45, 2.75) is 6.54 Å². The first-order valence-corrected chi connectivity index (χ1v) is 5.11. The number of rotatable bonds is 2. The van der Waals surface area contributed by atoms with E-state index < -0.39 is 0 Å². The van der Waals surface area contributed by atoms with Gasteiger partial charge in [0.1, 0.15) is 5.69 Å². The summed E-state index contributed by atoms with van der Waals surface area (Å²) in [6.07, 6.45) is 1.99. The first kappa shape index (κ1) is 9.03. The molecule has 1 aromatic carbocycles. The Morgan fingerprint density at radius 3 is 2.69 bits per heavy atom. The standard InChI is InChI=1S/C12H10N4/c1-2-5-10(6-3-1)9-16-8-4-7-11-12(16)14-15-13-11/h1-8H,9H2. The second kappa shape index (κ2) is 3.73. The minimum atomic E-state index is 0.790. The van der Waals surface area contributed by atoms with Crippen molar-refractivity contribution in [3.8, 4) is 11.5 Å². The van der Waals surface area contributed by atoms with Crippen LogP contribution in [0.4, 0.5) is 0 Å². The molecule has 0 radical (unpaired) electrons. The van der Waals surface area contributed by atoms with Gasteiger partial charge >= 0.3 is 0 Å². The van der Waals surface area contributed by atoms with Crippen molar-refractivity contribution in [1.29, 1.82) is 0 Å². The van der Waals surface area contributed by atoms with E-state index in [2.05, 4.69) is 27.5 Å². The maximum Gasteiger partial charge on any atom is 0.185 e. The molecule has 0 aromatic heterocycles. The van der Waals surface area contributed by atoms with Crippen LogP contribution in [0.2, 0.25) is 0 Å². The average Bonchev–Trinajstić information content (AvgIpc) is 2.80. The van der Waals surface area contributed by atoms with Gasteiger partial charge in [-0.05, 0) is 22.9 Å². The van der Waals surface area contributed by atoms with Crippen LogP contribution in [0.15, 0.2) is 48.7 Å². The van der Waals surface area contributed by atoms with Crippen LogP contribution >= 0.6 is 0 Å². The molecule has 16 heavy (non-hydrogen) atoms. The molecule has 3 rings (SSSR count). The lowest BCUT2D eigenvalue weighted by molar-refractivity contribution is 0.776. The van der Waals surface area contributed by atoms with Crippen molar-refractivity contribution in [2.75, 3.05) is 0 Å². The molecular formula is C12H10N4. The van der Waals surface area contributed by atoms with E-state index >= 15 is 0 Å². The fraction of sp³-hybridized carbons (Fsp3) is 0.0833. The summed E-state index contributed by atoms with van der Waals surface area (Å²) < 4.78 is 2.05. The maximum atomic E-state index is 4.02. The molecule has 0 spiro atoms. The minimum Gasteiger partial charge on any atom is -0.325 e. The van der Waals surface area contributed by atoms with Gasteiger partial charge in [-0.3, -0.25) is 0 Å². The van der Waals surface area contributed by atoms with Gasteiger partial charge in [0, 0.05) is 12.7 Å². The van der Waals surface area contributed by atoms with Crippen LogP contribution in [0.5, 0.6) is 0 Å². The summed E-state index contributed by atoms with van der Waals surface area (Å²) >= 11 is 0. The highest BCUT2D eigenvalue weighted by Crippen LogP contribution is 2.16. The zero-order valence-electron chi connectivity index (χ0n) is 8.61. The number of pyridine rings is 1. The van der Waals surface area contributed by atoms with Gasteiger partial charge in [-0.15, -0.1) is 10.2 Å². The Balaban J connectivity index is 1.99. The van der Waals surface area contributed by atoms with Crippen LogP contribution in [0.1, 0.15) is 5.56 Å². The molecule has 2 aliphatic heterocycles. The third-order valence-corrected chi connectivity index (χ3v) is 2.51. The Morgan fingerprint density at radius 1 is 0.938 bits per heavy atom. The predicted molar refractivity (Wildman–Crippen MR) is 60.0 cm³/mol. The van der Waals surface area contributed by atoms with E-state index in [4.69, 9.17) is 0 Å². The van der Waals surface area contributed by atoms with Gasteiger partial charge in [0.15, 0.2) is 5.82 Å². The topological polar surface area (TPSA) is 43.6 Å². The largest absolute Gasteiger partial charge is 0.325 e. The van der Waals surface area contributed by atoms with Crippen molar-refractivity contribution in [2.24, 2.45) is 0 Å². The van der Waals surface area contributed by atoms with Crippen molar-refractivity contribution in [3.63, 3.8) is 0 Å². The van der Waals surface area contributed by atoms with E-state index in [1.807, 2.05) is 41.1 Å². The summed E-state index contributed by atoms with van der Waals surface area (Å²) in [5, 5.41) is 11.6. The predicted octanol–water partition coefficient (Wildman–Crippen LogP) is 1.83. The first-order chi connectivity index (χ1) is 7.93. The van der Waals surface area contributed by atoms with Gasteiger partial charge < -0.3 is 4.57 Å². The van der Waals surface area contributed by atoms with E-state index in [1.165, 1.54) is 5.56 Å². The fourth-order valence-corrected chi connectivity index (χ4v) is 1.74. The van der Waals surface area contributed by atoms with Gasteiger partial charge in [0.25, 0.3) is 0 Å². The van der Waals surface area contributed by atoms with Gasteiger partial charge in [-0.1, -0.05) is 30.3 Å². The molecule has 0 amide bonds. The molecule has 0 fully saturated rings. The van der Waals surface area contributed by atoms with Crippen LogP contribution in [-0.2, 0) is 6.54 Å². The summed E-state index contributed by atoms with van der Waals surface area (Å²) in [5.74, 6) is 0.825. The van der Waals surface area contributed by atoms with Crippen LogP contribution in [0, 0.1) is 0 Å². The molecule has 2 heterocycles. The molecule has 2 aliphatic rings. The van der Waals surface area contributed by atoms with Crippen molar-refractivity contribution >= 4 is 0 Å². The maximum absolute atomic E-state index is 4.02. The van der Waals surface area contributed by atoms with Crippen LogP contribution in [-0.4, -0.2) is 20.0 Å². The third-order valence-electron chi connectivity index (χ3n) is 2.51. The lowest BCUT2D eigenvalue weighted by atomic mass is 10.2. The number of nitrogens with zero attached hydrogens (tertiary/aromatic N) is 4. The minimum absolute atomic E-state index is 0.790. The fourth-order valence-electron chi connectivity index (χ4n) is 1.74. The molecule has 0 unspecified atom stereocenters. The summed E-state index contributed by atoms with van der Waals surface area (Å²) in [6, 6.07) is 14.1. The summed E-state index contributed by atoms with van der Waals surface area (Å²) in [7, 11) is 0. The number of benzene rings is 1. The lowest BCUT2D eigenvalue weighted by Gasteiger charge is -2.09. The lowest BCUT2D eigenvalue weighted by Crippen LogP contribution is -2.04. The molecule has 1 aromatic rings. The zero-order valence-corrected chi connectivity index (χ0v) is 8.61. The monoisotopic (exact) mass is 210 g/mol. The Labute approximate surface area is 92.9 Å². The second-order valence-electron chi connectivity index (χ2n) is 3.62. The Hall–Kier alpha value is -2.23. The highest BCUT2D eigenvalue weighted by atomic mass is 15.4. The number of fused-ring (bicyclic) bond motifs is 1. The highest BCUT2D eigenvalue weighted by Gasteiger charge is 2.10. The highest BCUT2D eigenvalue weighted by molar-refractivity contribution is 5.49. The van der Waals surface area contributed by atoms with E-state index in [1.54, 1.807) is 0 Å². The molecule has 4 heteroatoms. The summed E-state index contributed by atoms with van der Waals surface area (Å²) in [4.78, 5) is 0. The molecule has 0 atom stereocenters. The summed E-state index contributed by atoms with van der Waals surface area (Å²) in [6.45, 7) is 0.790. The number of aromatic nitrogens is 4. The normalized spacial score (nSPS) is 10.8. The average molecular weight is 210 g/mol. The van der Waals surface area contributed by atoms with E-state index in [-0.39, 0.29) is 0 Å². The van der Waals surface area contributed by atoms with Crippen LogP contribution in [0.25, 0.3) is 11.5 Å². The molecular weight excluding hydrogens is 200 g/mol. The molecule has 4 nitrogen and oxygen atoms in total. The Morgan fingerprint density at radius 2 is 1.81 bits per heavy atom. The Bertz CT molecular complexity index is 558. The molecule has 0 aliphatic carbocycles. The van der Waals surface area contributed by atoms with Gasteiger partial charge in [-0.25, -0.2) is 0 Å². The molecule has 78 valence electrons. The van der Waals surface area contributed by atoms with Gasteiger partial charge in [-0.2, -0.15) is 0 Å². The third kappa shape index (κ3) is 1.54. The Kier molecular flexibility index (Phi) is 2.11. The molecule has 0 saturated heterocycles. The van der Waals surface area contributed by atoms with Gasteiger partial charge in [0.05, 0.1) is 0 Å². The van der Waals surface area contributed by atoms with E-state index in [9.17, 15) is 0 Å². The van der Waals surface area contributed by atoms with E-state index in [0.717, 1.165) is 18.1 Å². The first-order valence-electron chi connectivity index (χ1n) is 5.11.